The van der Waals surface area contributed by atoms with Gasteiger partial charge in [0, 0.05) is 16.5 Å². The molecule has 0 radical (unpaired) electrons. The van der Waals surface area contributed by atoms with Gasteiger partial charge in [-0.05, 0) is 42.7 Å². The van der Waals surface area contributed by atoms with Gasteiger partial charge >= 0.3 is 0 Å². The molecular formula is C16H14FN3S. The van der Waals surface area contributed by atoms with Crippen LogP contribution in [-0.4, -0.2) is 16.0 Å². The smallest absolute Gasteiger partial charge is 0.146 e. The lowest BCUT2D eigenvalue weighted by molar-refractivity contribution is 0.627. The monoisotopic (exact) mass is 299 g/mol. The Morgan fingerprint density at radius 1 is 1.05 bits per heavy atom. The van der Waals surface area contributed by atoms with Gasteiger partial charge in [0.1, 0.15) is 11.6 Å². The van der Waals surface area contributed by atoms with Crippen molar-refractivity contribution in [1.29, 1.82) is 0 Å². The predicted octanol–water partition coefficient (Wildman–Crippen LogP) is 3.98. The number of aromatic nitrogens is 2. The number of halogens is 1. The van der Waals surface area contributed by atoms with Gasteiger partial charge in [-0.15, -0.1) is 11.8 Å². The zero-order valence-electron chi connectivity index (χ0n) is 11.5. The highest BCUT2D eigenvalue weighted by molar-refractivity contribution is 7.98. The van der Waals surface area contributed by atoms with Gasteiger partial charge in [0.2, 0.25) is 0 Å². The molecule has 21 heavy (non-hydrogen) atoms. The fourth-order valence-electron chi connectivity index (χ4n) is 2.15. The highest BCUT2D eigenvalue weighted by atomic mass is 32.2. The van der Waals surface area contributed by atoms with E-state index >= 15 is 0 Å². The molecular weight excluding hydrogens is 285 g/mol. The Bertz CT molecular complexity index is 748. The molecule has 1 heterocycles. The van der Waals surface area contributed by atoms with Gasteiger partial charge in [0.15, 0.2) is 0 Å². The molecule has 0 aliphatic rings. The van der Waals surface area contributed by atoms with Crippen LogP contribution < -0.4 is 5.73 Å². The van der Waals surface area contributed by atoms with Crippen LogP contribution in [0, 0.1) is 5.82 Å². The molecule has 3 aromatic rings. The third-order valence-electron chi connectivity index (χ3n) is 3.19. The molecule has 3 nitrogen and oxygen atoms in total. The van der Waals surface area contributed by atoms with Crippen molar-refractivity contribution in [3.05, 3.63) is 60.4 Å². The fourth-order valence-corrected chi connectivity index (χ4v) is 2.55. The quantitative estimate of drug-likeness (QED) is 0.744. The van der Waals surface area contributed by atoms with E-state index in [1.54, 1.807) is 28.6 Å². The number of anilines is 1. The fraction of sp³-hybridized carbons (Fsp3) is 0.0625. The van der Waals surface area contributed by atoms with Crippen LogP contribution in [0.15, 0.2) is 59.5 Å². The lowest BCUT2D eigenvalue weighted by Gasteiger charge is -2.08. The van der Waals surface area contributed by atoms with E-state index in [0.717, 1.165) is 16.9 Å². The molecule has 1 aromatic heterocycles. The average Bonchev–Trinajstić information content (AvgIpc) is 2.90. The summed E-state index contributed by atoms with van der Waals surface area (Å²) in [6.45, 7) is 0. The molecule has 106 valence electrons. The van der Waals surface area contributed by atoms with Crippen LogP contribution in [0.3, 0.4) is 0 Å². The SMILES string of the molecule is CSc1ccc(-c2cc(N)nn2-c2ccc(F)cc2)cc1. The van der Waals surface area contributed by atoms with E-state index in [4.69, 9.17) is 5.73 Å². The highest BCUT2D eigenvalue weighted by Gasteiger charge is 2.10. The second-order valence-electron chi connectivity index (χ2n) is 4.57. The summed E-state index contributed by atoms with van der Waals surface area (Å²) >= 11 is 1.69. The molecule has 0 saturated carbocycles. The first-order chi connectivity index (χ1) is 10.2. The molecule has 0 aliphatic carbocycles. The maximum absolute atomic E-state index is 13.1. The molecule has 0 saturated heterocycles. The van der Waals surface area contributed by atoms with Crippen molar-refractivity contribution in [3.63, 3.8) is 0 Å². The zero-order valence-corrected chi connectivity index (χ0v) is 12.3. The molecule has 0 spiro atoms. The van der Waals surface area contributed by atoms with Crippen LogP contribution in [0.25, 0.3) is 16.9 Å². The Balaban J connectivity index is 2.08. The Hall–Kier alpha value is -2.27. The molecule has 3 rings (SSSR count). The number of benzene rings is 2. The summed E-state index contributed by atoms with van der Waals surface area (Å²) in [5.41, 5.74) is 8.50. The minimum atomic E-state index is -0.273. The van der Waals surface area contributed by atoms with Gasteiger partial charge in [0.25, 0.3) is 0 Å². The number of thioether (sulfide) groups is 1. The van der Waals surface area contributed by atoms with Crippen LogP contribution in [-0.2, 0) is 0 Å². The van der Waals surface area contributed by atoms with Crippen molar-refractivity contribution < 1.29 is 4.39 Å². The number of nitrogens with zero attached hydrogens (tertiary/aromatic N) is 2. The number of hydrogen-bond donors (Lipinski definition) is 1. The molecule has 0 amide bonds. The maximum atomic E-state index is 13.1. The highest BCUT2D eigenvalue weighted by Crippen LogP contribution is 2.27. The minimum Gasteiger partial charge on any atom is -0.382 e. The van der Waals surface area contributed by atoms with Gasteiger partial charge < -0.3 is 5.73 Å². The molecule has 0 unspecified atom stereocenters. The van der Waals surface area contributed by atoms with Crippen molar-refractivity contribution in [2.24, 2.45) is 0 Å². The van der Waals surface area contributed by atoms with Crippen molar-refractivity contribution in [3.8, 4) is 16.9 Å². The van der Waals surface area contributed by atoms with Gasteiger partial charge in [-0.25, -0.2) is 9.07 Å². The summed E-state index contributed by atoms with van der Waals surface area (Å²) in [6, 6.07) is 16.2. The Labute approximate surface area is 126 Å². The summed E-state index contributed by atoms with van der Waals surface area (Å²) in [5.74, 6) is 0.160. The molecule has 0 aliphatic heterocycles. The van der Waals surface area contributed by atoms with Crippen LogP contribution >= 0.6 is 11.8 Å². The van der Waals surface area contributed by atoms with Crippen molar-refractivity contribution in [2.45, 2.75) is 4.90 Å². The first kappa shape index (κ1) is 13.7. The summed E-state index contributed by atoms with van der Waals surface area (Å²) in [7, 11) is 0. The second-order valence-corrected chi connectivity index (χ2v) is 5.45. The van der Waals surface area contributed by atoms with Crippen LogP contribution in [0.5, 0.6) is 0 Å². The molecule has 0 fully saturated rings. The van der Waals surface area contributed by atoms with Gasteiger partial charge in [-0.2, -0.15) is 5.10 Å². The van der Waals surface area contributed by atoms with Crippen molar-refractivity contribution >= 4 is 17.6 Å². The van der Waals surface area contributed by atoms with Crippen LogP contribution in [0.4, 0.5) is 10.2 Å². The van der Waals surface area contributed by atoms with Crippen LogP contribution in [0.2, 0.25) is 0 Å². The summed E-state index contributed by atoms with van der Waals surface area (Å²) < 4.78 is 14.8. The lowest BCUT2D eigenvalue weighted by atomic mass is 10.1. The van der Waals surface area contributed by atoms with E-state index in [9.17, 15) is 4.39 Å². The predicted molar refractivity (Wildman–Crippen MR) is 85.2 cm³/mol. The normalized spacial score (nSPS) is 10.8. The largest absolute Gasteiger partial charge is 0.382 e. The molecule has 0 bridgehead atoms. The van der Waals surface area contributed by atoms with Gasteiger partial charge in [-0.1, -0.05) is 12.1 Å². The molecule has 0 atom stereocenters. The zero-order chi connectivity index (χ0) is 14.8. The van der Waals surface area contributed by atoms with Gasteiger partial charge in [0.05, 0.1) is 11.4 Å². The van der Waals surface area contributed by atoms with E-state index in [-0.39, 0.29) is 5.82 Å². The second kappa shape index (κ2) is 5.61. The summed E-state index contributed by atoms with van der Waals surface area (Å²) in [6.07, 6.45) is 2.04. The third-order valence-corrected chi connectivity index (χ3v) is 3.93. The number of rotatable bonds is 3. The Morgan fingerprint density at radius 2 is 1.71 bits per heavy atom. The standard InChI is InChI=1S/C16H14FN3S/c1-21-14-8-2-11(3-9-14)15-10-16(18)19-20(15)13-6-4-12(17)5-7-13/h2-10H,1H3,(H2,18,19). The first-order valence-electron chi connectivity index (χ1n) is 6.43. The molecule has 5 heteroatoms. The van der Waals surface area contributed by atoms with E-state index in [0.29, 0.717) is 5.82 Å². The number of hydrogen-bond acceptors (Lipinski definition) is 3. The molecule has 2 N–H and O–H groups in total. The van der Waals surface area contributed by atoms with Crippen molar-refractivity contribution in [1.82, 2.24) is 9.78 Å². The van der Waals surface area contributed by atoms with E-state index in [1.807, 2.05) is 24.5 Å². The van der Waals surface area contributed by atoms with Crippen LogP contribution in [0.1, 0.15) is 0 Å². The average molecular weight is 299 g/mol. The topological polar surface area (TPSA) is 43.8 Å². The van der Waals surface area contributed by atoms with Gasteiger partial charge in [-0.3, -0.25) is 0 Å². The van der Waals surface area contributed by atoms with Crippen molar-refractivity contribution in [2.75, 3.05) is 12.0 Å². The lowest BCUT2D eigenvalue weighted by Crippen LogP contribution is -1.99. The molecule has 2 aromatic carbocycles. The number of nitrogen functional groups attached to an aromatic ring is 1. The number of nitrogens with two attached hydrogens (primary N) is 1. The van der Waals surface area contributed by atoms with E-state index in [2.05, 4.69) is 17.2 Å². The summed E-state index contributed by atoms with van der Waals surface area (Å²) in [4.78, 5) is 1.19. The van der Waals surface area contributed by atoms with E-state index in [1.165, 1.54) is 17.0 Å². The Morgan fingerprint density at radius 3 is 2.33 bits per heavy atom. The first-order valence-corrected chi connectivity index (χ1v) is 7.66. The third kappa shape index (κ3) is 2.78. The minimum absolute atomic E-state index is 0.273. The maximum Gasteiger partial charge on any atom is 0.146 e. The van der Waals surface area contributed by atoms with E-state index < -0.39 is 0 Å². The Kier molecular flexibility index (Phi) is 3.66. The summed E-state index contributed by atoms with van der Waals surface area (Å²) in [5, 5.41) is 4.30.